The molecule has 0 aliphatic rings. The number of hydrogen-bond donors (Lipinski definition) is 0. The van der Waals surface area contributed by atoms with E-state index in [4.69, 9.17) is 13.8 Å². The lowest BCUT2D eigenvalue weighted by Gasteiger charge is -2.06. The zero-order valence-corrected chi connectivity index (χ0v) is 20.4. The van der Waals surface area contributed by atoms with Crippen LogP contribution in [0.3, 0.4) is 0 Å². The van der Waals surface area contributed by atoms with Gasteiger partial charge in [-0.3, -0.25) is 0 Å². The van der Waals surface area contributed by atoms with Crippen molar-refractivity contribution in [2.24, 2.45) is 0 Å². The number of para-hydroxylation sites is 1. The van der Waals surface area contributed by atoms with Crippen LogP contribution >= 0.6 is 0 Å². The average molecular weight is 488 g/mol. The molecule has 0 atom stereocenters. The summed E-state index contributed by atoms with van der Waals surface area (Å²) in [5.74, 6) is 0. The Morgan fingerprint density at radius 2 is 1.11 bits per heavy atom. The van der Waals surface area contributed by atoms with Gasteiger partial charge in [-0.25, -0.2) is 4.98 Å². The Hall–Kier alpha value is -5.15. The highest BCUT2D eigenvalue weighted by Crippen LogP contribution is 2.40. The Morgan fingerprint density at radius 3 is 2.03 bits per heavy atom. The molecule has 8 aromatic rings. The highest BCUT2D eigenvalue weighted by atomic mass is 16.3. The standard InChI is InChI=1S/C35H21NO2/c1-2-8-22(9-3-1)29-12-7-13-30(36-29)24-16-18-27-34(21-24)38-33-15-6-11-25(35(27)33)23-17-19-32-28(20-23)26-10-4-5-14-31(26)37-32/h1-21H. The Labute approximate surface area is 218 Å². The van der Waals surface area contributed by atoms with Gasteiger partial charge >= 0.3 is 0 Å². The van der Waals surface area contributed by atoms with Crippen LogP contribution in [0.1, 0.15) is 0 Å². The van der Waals surface area contributed by atoms with E-state index in [1.807, 2.05) is 48.5 Å². The van der Waals surface area contributed by atoms with E-state index in [2.05, 4.69) is 78.9 Å². The molecule has 3 heterocycles. The fourth-order valence-corrected chi connectivity index (χ4v) is 5.48. The van der Waals surface area contributed by atoms with Crippen LogP contribution in [-0.4, -0.2) is 4.98 Å². The predicted octanol–water partition coefficient (Wildman–Crippen LogP) is 9.88. The van der Waals surface area contributed by atoms with Crippen LogP contribution < -0.4 is 0 Å². The summed E-state index contributed by atoms with van der Waals surface area (Å²) >= 11 is 0. The first-order valence-electron chi connectivity index (χ1n) is 12.7. The first-order valence-corrected chi connectivity index (χ1v) is 12.7. The summed E-state index contributed by atoms with van der Waals surface area (Å²) in [5.41, 5.74) is 9.82. The summed E-state index contributed by atoms with van der Waals surface area (Å²) in [6.07, 6.45) is 0. The van der Waals surface area contributed by atoms with E-state index in [1.165, 1.54) is 0 Å². The first-order chi connectivity index (χ1) is 18.8. The second-order valence-electron chi connectivity index (χ2n) is 9.57. The molecule has 8 rings (SSSR count). The Bertz CT molecular complexity index is 2130. The van der Waals surface area contributed by atoms with Crippen molar-refractivity contribution in [3.05, 3.63) is 127 Å². The SMILES string of the molecule is c1ccc(-c2cccc(-c3ccc4c(c3)oc3cccc(-c5ccc6oc7ccccc7c6c5)c34)n2)cc1. The molecule has 0 N–H and O–H groups in total. The maximum atomic E-state index is 6.39. The largest absolute Gasteiger partial charge is 0.456 e. The van der Waals surface area contributed by atoms with E-state index in [9.17, 15) is 0 Å². The lowest BCUT2D eigenvalue weighted by atomic mass is 9.97. The van der Waals surface area contributed by atoms with E-state index in [0.29, 0.717) is 0 Å². The summed E-state index contributed by atoms with van der Waals surface area (Å²) in [6.45, 7) is 0. The molecule has 0 unspecified atom stereocenters. The lowest BCUT2D eigenvalue weighted by Crippen LogP contribution is -1.87. The summed E-state index contributed by atoms with van der Waals surface area (Å²) < 4.78 is 12.4. The summed E-state index contributed by atoms with van der Waals surface area (Å²) in [6, 6.07) is 43.7. The zero-order chi connectivity index (χ0) is 25.1. The number of nitrogens with zero attached hydrogens (tertiary/aromatic N) is 1. The molecule has 5 aromatic carbocycles. The zero-order valence-electron chi connectivity index (χ0n) is 20.4. The van der Waals surface area contributed by atoms with Gasteiger partial charge in [-0.2, -0.15) is 0 Å². The molecular weight excluding hydrogens is 466 g/mol. The molecule has 0 bridgehead atoms. The third-order valence-corrected chi connectivity index (χ3v) is 7.30. The van der Waals surface area contributed by atoms with Gasteiger partial charge in [0.1, 0.15) is 22.3 Å². The molecule has 38 heavy (non-hydrogen) atoms. The number of aromatic nitrogens is 1. The van der Waals surface area contributed by atoms with Gasteiger partial charge in [-0.05, 0) is 59.7 Å². The number of hydrogen-bond acceptors (Lipinski definition) is 3. The molecule has 0 saturated heterocycles. The van der Waals surface area contributed by atoms with Crippen molar-refractivity contribution >= 4 is 43.9 Å². The van der Waals surface area contributed by atoms with Gasteiger partial charge in [0, 0.05) is 32.7 Å². The van der Waals surface area contributed by atoms with E-state index in [0.717, 1.165) is 77.5 Å². The fourth-order valence-electron chi connectivity index (χ4n) is 5.48. The number of fused-ring (bicyclic) bond motifs is 6. The highest BCUT2D eigenvalue weighted by molar-refractivity contribution is 6.14. The van der Waals surface area contributed by atoms with Crippen LogP contribution in [0.15, 0.2) is 136 Å². The third kappa shape index (κ3) is 3.26. The molecule has 3 aromatic heterocycles. The van der Waals surface area contributed by atoms with Gasteiger partial charge in [-0.15, -0.1) is 0 Å². The molecule has 178 valence electrons. The number of benzene rings is 5. The number of rotatable bonds is 3. The van der Waals surface area contributed by atoms with Crippen molar-refractivity contribution < 1.29 is 8.83 Å². The van der Waals surface area contributed by atoms with Gasteiger partial charge in [0.25, 0.3) is 0 Å². The number of furan rings is 2. The molecule has 0 amide bonds. The van der Waals surface area contributed by atoms with Crippen LogP contribution in [0.25, 0.3) is 77.5 Å². The Balaban J connectivity index is 1.27. The molecule has 3 heteroatoms. The summed E-state index contributed by atoms with van der Waals surface area (Å²) in [4.78, 5) is 4.94. The minimum Gasteiger partial charge on any atom is -0.456 e. The van der Waals surface area contributed by atoms with Gasteiger partial charge in [0.2, 0.25) is 0 Å². The molecule has 3 nitrogen and oxygen atoms in total. The number of pyridine rings is 1. The minimum absolute atomic E-state index is 0.853. The van der Waals surface area contributed by atoms with Crippen molar-refractivity contribution in [2.75, 3.05) is 0 Å². The van der Waals surface area contributed by atoms with Gasteiger partial charge in [0.05, 0.1) is 11.4 Å². The summed E-state index contributed by atoms with van der Waals surface area (Å²) in [5, 5.41) is 4.46. The molecule has 0 aliphatic carbocycles. The average Bonchev–Trinajstić information content (AvgIpc) is 3.55. The summed E-state index contributed by atoms with van der Waals surface area (Å²) in [7, 11) is 0. The monoisotopic (exact) mass is 487 g/mol. The van der Waals surface area contributed by atoms with Crippen molar-refractivity contribution in [1.82, 2.24) is 4.98 Å². The maximum absolute atomic E-state index is 6.39. The highest BCUT2D eigenvalue weighted by Gasteiger charge is 2.15. The normalized spacial score (nSPS) is 11.7. The molecule has 0 fully saturated rings. The van der Waals surface area contributed by atoms with E-state index >= 15 is 0 Å². The van der Waals surface area contributed by atoms with Crippen molar-refractivity contribution in [3.8, 4) is 33.6 Å². The Kier molecular flexibility index (Phi) is 4.52. The molecule has 0 saturated carbocycles. The second kappa shape index (κ2) is 8.19. The predicted molar refractivity (Wildman–Crippen MR) is 155 cm³/mol. The Morgan fingerprint density at radius 1 is 0.395 bits per heavy atom. The second-order valence-corrected chi connectivity index (χ2v) is 9.57. The lowest BCUT2D eigenvalue weighted by molar-refractivity contribution is 0.669. The van der Waals surface area contributed by atoms with Crippen LogP contribution in [-0.2, 0) is 0 Å². The van der Waals surface area contributed by atoms with E-state index < -0.39 is 0 Å². The first kappa shape index (κ1) is 21.0. The molecule has 0 radical (unpaired) electrons. The van der Waals surface area contributed by atoms with Gasteiger partial charge in [0.15, 0.2) is 0 Å². The topological polar surface area (TPSA) is 39.2 Å². The van der Waals surface area contributed by atoms with Gasteiger partial charge < -0.3 is 8.83 Å². The smallest absolute Gasteiger partial charge is 0.136 e. The van der Waals surface area contributed by atoms with Crippen molar-refractivity contribution in [1.29, 1.82) is 0 Å². The molecule has 0 spiro atoms. The quantitative estimate of drug-likeness (QED) is 0.249. The van der Waals surface area contributed by atoms with Crippen LogP contribution in [0.5, 0.6) is 0 Å². The molecule has 0 aliphatic heterocycles. The minimum atomic E-state index is 0.853. The van der Waals surface area contributed by atoms with Gasteiger partial charge in [-0.1, -0.05) is 78.9 Å². The third-order valence-electron chi connectivity index (χ3n) is 7.30. The van der Waals surface area contributed by atoms with Crippen molar-refractivity contribution in [3.63, 3.8) is 0 Å². The fraction of sp³-hybridized carbons (Fsp3) is 0. The van der Waals surface area contributed by atoms with Crippen LogP contribution in [0.4, 0.5) is 0 Å². The molecular formula is C35H21NO2. The maximum Gasteiger partial charge on any atom is 0.136 e. The van der Waals surface area contributed by atoms with Crippen LogP contribution in [0.2, 0.25) is 0 Å². The van der Waals surface area contributed by atoms with E-state index in [1.54, 1.807) is 0 Å². The van der Waals surface area contributed by atoms with E-state index in [-0.39, 0.29) is 0 Å². The van der Waals surface area contributed by atoms with Crippen LogP contribution in [0, 0.1) is 0 Å². The van der Waals surface area contributed by atoms with Crippen molar-refractivity contribution in [2.45, 2.75) is 0 Å².